The van der Waals surface area contributed by atoms with Gasteiger partial charge < -0.3 is 9.64 Å². The molecule has 0 amide bonds. The van der Waals surface area contributed by atoms with E-state index in [0.717, 1.165) is 22.6 Å². The molecule has 0 aromatic carbocycles. The number of H-pyrrole nitrogens is 1. The number of nitrogens with zero attached hydrogens (tertiary/aromatic N) is 6. The standard InChI is InChI=1S/C21H22FN7O/c1-12-9-25-28(3)21(12)14-8-17(29-6-7-30-11-13(29)2)26-20-18(14)15(22)10-23-19(20)16-4-5-24-27-16/h4-5,8-10,13H,6-7,11H2,1-3H3,(H,24,27)/t13-/m1/s1. The molecule has 0 saturated carbocycles. The Morgan fingerprint density at radius 2 is 2.17 bits per heavy atom. The quantitative estimate of drug-likeness (QED) is 0.562. The molecule has 154 valence electrons. The van der Waals surface area contributed by atoms with Gasteiger partial charge in [0.2, 0.25) is 0 Å². The van der Waals surface area contributed by atoms with Crippen molar-refractivity contribution in [2.75, 3.05) is 24.7 Å². The van der Waals surface area contributed by atoms with E-state index in [9.17, 15) is 0 Å². The monoisotopic (exact) mass is 407 g/mol. The molecule has 0 unspecified atom stereocenters. The Morgan fingerprint density at radius 3 is 2.87 bits per heavy atom. The molecule has 9 heteroatoms. The van der Waals surface area contributed by atoms with Crippen LogP contribution in [-0.2, 0) is 11.8 Å². The highest BCUT2D eigenvalue weighted by Gasteiger charge is 2.25. The Labute approximate surface area is 172 Å². The number of morpholine rings is 1. The van der Waals surface area contributed by atoms with Gasteiger partial charge in [0.1, 0.15) is 17.0 Å². The van der Waals surface area contributed by atoms with Crippen molar-refractivity contribution in [1.82, 2.24) is 29.9 Å². The van der Waals surface area contributed by atoms with Crippen LogP contribution in [0.2, 0.25) is 0 Å². The van der Waals surface area contributed by atoms with Crippen molar-refractivity contribution < 1.29 is 9.13 Å². The lowest BCUT2D eigenvalue weighted by Gasteiger charge is -2.34. The molecule has 1 aliphatic heterocycles. The lowest BCUT2D eigenvalue weighted by molar-refractivity contribution is 0.0986. The fourth-order valence-corrected chi connectivity index (χ4v) is 4.11. The van der Waals surface area contributed by atoms with Gasteiger partial charge in [0.25, 0.3) is 0 Å². The molecule has 1 saturated heterocycles. The van der Waals surface area contributed by atoms with Crippen molar-refractivity contribution in [3.8, 4) is 22.6 Å². The minimum absolute atomic E-state index is 0.154. The van der Waals surface area contributed by atoms with Gasteiger partial charge >= 0.3 is 0 Å². The number of ether oxygens (including phenoxy) is 1. The Hall–Kier alpha value is -3.33. The third-order valence-corrected chi connectivity index (χ3v) is 5.57. The van der Waals surface area contributed by atoms with Crippen molar-refractivity contribution in [1.29, 1.82) is 0 Å². The number of hydrogen-bond donors (Lipinski definition) is 1. The van der Waals surface area contributed by atoms with E-state index in [1.807, 2.05) is 20.0 Å². The third kappa shape index (κ3) is 2.93. The molecule has 1 atom stereocenters. The molecule has 1 fully saturated rings. The molecule has 8 nitrogen and oxygen atoms in total. The summed E-state index contributed by atoms with van der Waals surface area (Å²) in [6.07, 6.45) is 4.67. The second-order valence-corrected chi connectivity index (χ2v) is 7.59. The van der Waals surface area contributed by atoms with Gasteiger partial charge in [-0.1, -0.05) is 0 Å². The van der Waals surface area contributed by atoms with Crippen LogP contribution in [-0.4, -0.2) is 55.7 Å². The van der Waals surface area contributed by atoms with Gasteiger partial charge in [-0.15, -0.1) is 0 Å². The second kappa shape index (κ2) is 7.17. The van der Waals surface area contributed by atoms with Crippen LogP contribution in [0.1, 0.15) is 12.5 Å². The Morgan fingerprint density at radius 1 is 1.30 bits per heavy atom. The average Bonchev–Trinajstić information content (AvgIpc) is 3.38. The van der Waals surface area contributed by atoms with Gasteiger partial charge in [0.15, 0.2) is 5.82 Å². The first-order chi connectivity index (χ1) is 14.5. The van der Waals surface area contributed by atoms with E-state index in [1.165, 1.54) is 6.20 Å². The number of hydrogen-bond acceptors (Lipinski definition) is 6. The van der Waals surface area contributed by atoms with E-state index in [2.05, 4.69) is 32.1 Å². The van der Waals surface area contributed by atoms with Gasteiger partial charge in [0.05, 0.1) is 43.0 Å². The zero-order valence-corrected chi connectivity index (χ0v) is 17.1. The predicted octanol–water partition coefficient (Wildman–Crippen LogP) is 3.09. The molecular weight excluding hydrogens is 385 g/mol. The van der Waals surface area contributed by atoms with E-state index in [-0.39, 0.29) is 6.04 Å². The molecule has 1 N–H and O–H groups in total. The Balaban J connectivity index is 1.86. The largest absolute Gasteiger partial charge is 0.377 e. The first-order valence-corrected chi connectivity index (χ1v) is 9.87. The maximum Gasteiger partial charge on any atom is 0.151 e. The SMILES string of the molecule is Cc1cnn(C)c1-c1cc(N2CCOC[C@H]2C)nc2c(-c3ccn[nH]3)ncc(F)c12. The van der Waals surface area contributed by atoms with Crippen LogP contribution in [0.4, 0.5) is 10.2 Å². The summed E-state index contributed by atoms with van der Waals surface area (Å²) in [7, 11) is 1.86. The van der Waals surface area contributed by atoms with Crippen LogP contribution in [0, 0.1) is 12.7 Å². The fraction of sp³-hybridized carbons (Fsp3) is 0.333. The maximum absolute atomic E-state index is 15.2. The molecule has 0 bridgehead atoms. The molecule has 5 heterocycles. The highest BCUT2D eigenvalue weighted by molar-refractivity contribution is 6.01. The van der Waals surface area contributed by atoms with E-state index in [0.29, 0.717) is 42.0 Å². The molecule has 30 heavy (non-hydrogen) atoms. The normalized spacial score (nSPS) is 17.1. The summed E-state index contributed by atoms with van der Waals surface area (Å²) in [4.78, 5) is 11.4. The van der Waals surface area contributed by atoms with Crippen molar-refractivity contribution in [3.05, 3.63) is 42.1 Å². The van der Waals surface area contributed by atoms with Gasteiger partial charge in [0, 0.05) is 30.7 Å². The van der Waals surface area contributed by atoms with Crippen molar-refractivity contribution in [2.24, 2.45) is 7.05 Å². The summed E-state index contributed by atoms with van der Waals surface area (Å²) in [6.45, 7) is 6.03. The summed E-state index contributed by atoms with van der Waals surface area (Å²) < 4.78 is 22.5. The molecule has 4 aromatic heterocycles. The molecular formula is C21H22FN7O. The highest BCUT2D eigenvalue weighted by Crippen LogP contribution is 2.37. The summed E-state index contributed by atoms with van der Waals surface area (Å²) in [5.74, 6) is 0.347. The number of nitrogens with one attached hydrogen (secondary N) is 1. The van der Waals surface area contributed by atoms with Crippen LogP contribution in [0.3, 0.4) is 0 Å². The lowest BCUT2D eigenvalue weighted by atomic mass is 10.0. The number of halogens is 1. The zero-order chi connectivity index (χ0) is 20.8. The van der Waals surface area contributed by atoms with Crippen LogP contribution in [0.15, 0.2) is 30.7 Å². The number of aryl methyl sites for hydroxylation is 2. The van der Waals surface area contributed by atoms with Crippen molar-refractivity contribution in [3.63, 3.8) is 0 Å². The number of fused-ring (bicyclic) bond motifs is 1. The molecule has 1 aliphatic rings. The van der Waals surface area contributed by atoms with E-state index in [1.54, 1.807) is 23.1 Å². The zero-order valence-electron chi connectivity index (χ0n) is 17.1. The van der Waals surface area contributed by atoms with E-state index in [4.69, 9.17) is 9.72 Å². The number of pyridine rings is 2. The predicted molar refractivity (Wildman–Crippen MR) is 112 cm³/mol. The summed E-state index contributed by atoms with van der Waals surface area (Å²) in [6, 6.07) is 3.91. The summed E-state index contributed by atoms with van der Waals surface area (Å²) in [5, 5.41) is 11.7. The molecule has 0 aliphatic carbocycles. The second-order valence-electron chi connectivity index (χ2n) is 7.59. The Bertz CT molecular complexity index is 1200. The topological polar surface area (TPSA) is 84.8 Å². The lowest BCUT2D eigenvalue weighted by Crippen LogP contribution is -2.44. The molecule has 4 aromatic rings. The average molecular weight is 407 g/mol. The summed E-state index contributed by atoms with van der Waals surface area (Å²) >= 11 is 0. The van der Waals surface area contributed by atoms with Crippen molar-refractivity contribution >= 4 is 16.7 Å². The van der Waals surface area contributed by atoms with Gasteiger partial charge in [-0.05, 0) is 31.5 Å². The number of aromatic amines is 1. The third-order valence-electron chi connectivity index (χ3n) is 5.57. The minimum Gasteiger partial charge on any atom is -0.377 e. The van der Waals surface area contributed by atoms with Gasteiger partial charge in [-0.2, -0.15) is 10.2 Å². The van der Waals surface area contributed by atoms with E-state index < -0.39 is 5.82 Å². The first-order valence-electron chi connectivity index (χ1n) is 9.87. The Kier molecular flexibility index (Phi) is 4.47. The van der Waals surface area contributed by atoms with Gasteiger partial charge in [-0.3, -0.25) is 9.78 Å². The van der Waals surface area contributed by atoms with E-state index >= 15 is 4.39 Å². The number of aromatic nitrogens is 6. The summed E-state index contributed by atoms with van der Waals surface area (Å²) in [5.41, 5.74) is 4.30. The van der Waals surface area contributed by atoms with Crippen LogP contribution in [0.5, 0.6) is 0 Å². The molecule has 0 spiro atoms. The first kappa shape index (κ1) is 18.7. The maximum atomic E-state index is 15.2. The van der Waals surface area contributed by atoms with Crippen LogP contribution >= 0.6 is 0 Å². The molecule has 5 rings (SSSR count). The minimum atomic E-state index is -0.419. The van der Waals surface area contributed by atoms with Gasteiger partial charge in [-0.25, -0.2) is 14.4 Å². The van der Waals surface area contributed by atoms with Crippen molar-refractivity contribution in [2.45, 2.75) is 19.9 Å². The fourth-order valence-electron chi connectivity index (χ4n) is 4.11. The highest BCUT2D eigenvalue weighted by atomic mass is 19.1. The molecule has 0 radical (unpaired) electrons. The smallest absolute Gasteiger partial charge is 0.151 e. The van der Waals surface area contributed by atoms with Crippen LogP contribution < -0.4 is 4.90 Å². The number of anilines is 1. The number of rotatable bonds is 3. The van der Waals surface area contributed by atoms with Crippen LogP contribution in [0.25, 0.3) is 33.5 Å².